The van der Waals surface area contributed by atoms with Crippen molar-refractivity contribution < 1.29 is 0 Å². The molecule has 17 heavy (non-hydrogen) atoms. The Morgan fingerprint density at radius 2 is 2.35 bits per heavy atom. The molecule has 1 unspecified atom stereocenters. The first-order valence-electron chi connectivity index (χ1n) is 5.22. The SMILES string of the molecule is CC(Nc1ccnc(C(N)=S)c1)c1cccs1. The molecule has 1 atom stereocenters. The van der Waals surface area contributed by atoms with Crippen LogP contribution in [0.4, 0.5) is 5.69 Å². The van der Waals surface area contributed by atoms with Crippen LogP contribution in [0.5, 0.6) is 0 Å². The van der Waals surface area contributed by atoms with E-state index in [4.69, 9.17) is 18.0 Å². The fraction of sp³-hybridized carbons (Fsp3) is 0.167. The van der Waals surface area contributed by atoms with Crippen molar-refractivity contribution in [2.24, 2.45) is 5.73 Å². The van der Waals surface area contributed by atoms with Gasteiger partial charge in [-0.05, 0) is 30.5 Å². The second-order valence-electron chi connectivity index (χ2n) is 3.68. The van der Waals surface area contributed by atoms with Crippen LogP contribution in [0.15, 0.2) is 35.8 Å². The molecule has 88 valence electrons. The van der Waals surface area contributed by atoms with Crippen LogP contribution in [0.2, 0.25) is 0 Å². The number of nitrogens with two attached hydrogens (primary N) is 1. The van der Waals surface area contributed by atoms with Gasteiger partial charge < -0.3 is 11.1 Å². The monoisotopic (exact) mass is 263 g/mol. The fourth-order valence-electron chi connectivity index (χ4n) is 1.51. The summed E-state index contributed by atoms with van der Waals surface area (Å²) in [4.78, 5) is 5.71. The van der Waals surface area contributed by atoms with E-state index in [2.05, 4.69) is 28.7 Å². The molecule has 0 bridgehead atoms. The van der Waals surface area contributed by atoms with E-state index in [1.165, 1.54) is 4.88 Å². The Morgan fingerprint density at radius 1 is 1.53 bits per heavy atom. The van der Waals surface area contributed by atoms with Crippen LogP contribution in [0.1, 0.15) is 23.5 Å². The van der Waals surface area contributed by atoms with E-state index in [9.17, 15) is 0 Å². The number of nitrogens with zero attached hydrogens (tertiary/aromatic N) is 1. The maximum Gasteiger partial charge on any atom is 0.122 e. The molecule has 2 heterocycles. The van der Waals surface area contributed by atoms with Crippen molar-refractivity contribution in [3.63, 3.8) is 0 Å². The van der Waals surface area contributed by atoms with Gasteiger partial charge in [0.15, 0.2) is 0 Å². The molecule has 0 spiro atoms. The average Bonchev–Trinajstić information content (AvgIpc) is 2.82. The number of pyridine rings is 1. The molecule has 0 aromatic carbocycles. The van der Waals surface area contributed by atoms with Crippen LogP contribution >= 0.6 is 23.6 Å². The predicted molar refractivity (Wildman–Crippen MR) is 76.5 cm³/mol. The minimum atomic E-state index is 0.261. The van der Waals surface area contributed by atoms with Crippen LogP contribution in [0, 0.1) is 0 Å². The van der Waals surface area contributed by atoms with Crippen molar-refractivity contribution in [1.82, 2.24) is 4.98 Å². The molecule has 5 heteroatoms. The molecule has 0 saturated carbocycles. The molecule has 0 radical (unpaired) electrons. The first kappa shape index (κ1) is 12.0. The predicted octanol–water partition coefficient (Wildman–Crippen LogP) is 2.95. The standard InChI is InChI=1S/C12H13N3S2/c1-8(11-3-2-6-17-11)15-9-4-5-14-10(7-9)12(13)16/h2-8H,1H3,(H2,13,16)(H,14,15). The molecule has 0 aliphatic carbocycles. The van der Waals surface area contributed by atoms with Crippen molar-refractivity contribution in [3.05, 3.63) is 46.4 Å². The molecule has 0 aliphatic rings. The zero-order chi connectivity index (χ0) is 12.3. The molecular weight excluding hydrogens is 250 g/mol. The summed E-state index contributed by atoms with van der Waals surface area (Å²) < 4.78 is 0. The molecule has 0 saturated heterocycles. The molecule has 0 aliphatic heterocycles. The summed E-state index contributed by atoms with van der Waals surface area (Å²) in [6, 6.07) is 8.19. The number of rotatable bonds is 4. The Labute approximate surface area is 110 Å². The highest BCUT2D eigenvalue weighted by Gasteiger charge is 2.07. The lowest BCUT2D eigenvalue weighted by Crippen LogP contribution is -2.12. The third kappa shape index (κ3) is 3.01. The number of thiophene rings is 1. The van der Waals surface area contributed by atoms with Crippen LogP contribution < -0.4 is 11.1 Å². The lowest BCUT2D eigenvalue weighted by atomic mass is 10.2. The van der Waals surface area contributed by atoms with Crippen LogP contribution in [-0.2, 0) is 0 Å². The van der Waals surface area contributed by atoms with Gasteiger partial charge in [-0.2, -0.15) is 0 Å². The second-order valence-corrected chi connectivity index (χ2v) is 5.09. The van der Waals surface area contributed by atoms with Gasteiger partial charge in [0.2, 0.25) is 0 Å². The summed E-state index contributed by atoms with van der Waals surface area (Å²) in [5, 5.41) is 5.46. The molecule has 0 amide bonds. The smallest absolute Gasteiger partial charge is 0.122 e. The van der Waals surface area contributed by atoms with Gasteiger partial charge in [0, 0.05) is 16.8 Å². The first-order chi connectivity index (χ1) is 8.16. The number of hydrogen-bond donors (Lipinski definition) is 2. The van der Waals surface area contributed by atoms with Crippen LogP contribution in [0.25, 0.3) is 0 Å². The first-order valence-corrected chi connectivity index (χ1v) is 6.51. The van der Waals surface area contributed by atoms with Crippen LogP contribution in [-0.4, -0.2) is 9.97 Å². The van der Waals surface area contributed by atoms with Crippen molar-refractivity contribution >= 4 is 34.2 Å². The third-order valence-electron chi connectivity index (χ3n) is 2.37. The van der Waals surface area contributed by atoms with E-state index in [-0.39, 0.29) is 6.04 Å². The Balaban J connectivity index is 2.13. The van der Waals surface area contributed by atoms with E-state index >= 15 is 0 Å². The van der Waals surface area contributed by atoms with Crippen molar-refractivity contribution in [3.8, 4) is 0 Å². The molecule has 3 nitrogen and oxygen atoms in total. The van der Waals surface area contributed by atoms with E-state index in [1.807, 2.05) is 18.2 Å². The zero-order valence-corrected chi connectivity index (χ0v) is 11.0. The van der Waals surface area contributed by atoms with Crippen LogP contribution in [0.3, 0.4) is 0 Å². The minimum absolute atomic E-state index is 0.261. The second kappa shape index (κ2) is 5.25. The summed E-state index contributed by atoms with van der Waals surface area (Å²) >= 11 is 6.64. The molecular formula is C12H13N3S2. The lowest BCUT2D eigenvalue weighted by Gasteiger charge is -2.14. The number of hydrogen-bond acceptors (Lipinski definition) is 4. The minimum Gasteiger partial charge on any atom is -0.388 e. The topological polar surface area (TPSA) is 50.9 Å². The van der Waals surface area contributed by atoms with Crippen molar-refractivity contribution in [2.45, 2.75) is 13.0 Å². The maximum absolute atomic E-state index is 5.55. The van der Waals surface area contributed by atoms with E-state index in [1.54, 1.807) is 17.5 Å². The Kier molecular flexibility index (Phi) is 3.71. The molecule has 2 aromatic rings. The Hall–Kier alpha value is -1.46. The van der Waals surface area contributed by atoms with Gasteiger partial charge in [-0.25, -0.2) is 0 Å². The van der Waals surface area contributed by atoms with Gasteiger partial charge in [-0.3, -0.25) is 4.98 Å². The lowest BCUT2D eigenvalue weighted by molar-refractivity contribution is 0.907. The molecule has 0 fully saturated rings. The largest absolute Gasteiger partial charge is 0.388 e. The van der Waals surface area contributed by atoms with Crippen molar-refractivity contribution in [2.75, 3.05) is 5.32 Å². The summed E-state index contributed by atoms with van der Waals surface area (Å²) in [6.07, 6.45) is 1.71. The highest BCUT2D eigenvalue weighted by molar-refractivity contribution is 7.80. The summed E-state index contributed by atoms with van der Waals surface area (Å²) in [7, 11) is 0. The number of nitrogens with one attached hydrogen (secondary N) is 1. The Bertz CT molecular complexity index is 508. The Morgan fingerprint density at radius 3 is 3.00 bits per heavy atom. The van der Waals surface area contributed by atoms with E-state index in [0.29, 0.717) is 10.7 Å². The van der Waals surface area contributed by atoms with Gasteiger partial charge in [0.25, 0.3) is 0 Å². The number of aromatic nitrogens is 1. The number of anilines is 1. The fourth-order valence-corrected chi connectivity index (χ4v) is 2.36. The van der Waals surface area contributed by atoms with Gasteiger partial charge in [-0.15, -0.1) is 11.3 Å². The number of thiocarbonyl (C=S) groups is 1. The highest BCUT2D eigenvalue weighted by Crippen LogP contribution is 2.22. The zero-order valence-electron chi connectivity index (χ0n) is 9.38. The summed E-state index contributed by atoms with van der Waals surface area (Å²) in [5.41, 5.74) is 7.17. The van der Waals surface area contributed by atoms with Gasteiger partial charge in [-0.1, -0.05) is 18.3 Å². The molecule has 2 rings (SSSR count). The van der Waals surface area contributed by atoms with Gasteiger partial charge in [0.1, 0.15) is 4.99 Å². The van der Waals surface area contributed by atoms with Gasteiger partial charge >= 0.3 is 0 Å². The van der Waals surface area contributed by atoms with Crippen molar-refractivity contribution in [1.29, 1.82) is 0 Å². The highest BCUT2D eigenvalue weighted by atomic mass is 32.1. The van der Waals surface area contributed by atoms with Gasteiger partial charge in [0.05, 0.1) is 11.7 Å². The normalized spacial score (nSPS) is 12.1. The maximum atomic E-state index is 5.55. The molecule has 2 aromatic heterocycles. The molecule has 3 N–H and O–H groups in total. The average molecular weight is 263 g/mol. The van der Waals surface area contributed by atoms with E-state index in [0.717, 1.165) is 5.69 Å². The van der Waals surface area contributed by atoms with E-state index < -0.39 is 0 Å². The third-order valence-corrected chi connectivity index (χ3v) is 3.63. The summed E-state index contributed by atoms with van der Waals surface area (Å²) in [5.74, 6) is 0. The quantitative estimate of drug-likeness (QED) is 0.833. The summed E-state index contributed by atoms with van der Waals surface area (Å²) in [6.45, 7) is 2.12.